The quantitative estimate of drug-likeness (QED) is 0.147. The predicted octanol–water partition coefficient (Wildman–Crippen LogP) is 6.76. The summed E-state index contributed by atoms with van der Waals surface area (Å²) in [5, 5.41) is 3.02. The highest BCUT2D eigenvalue weighted by Gasteiger charge is 2.34. The molecular formula is C37H42BrN3O5S. The fourth-order valence-corrected chi connectivity index (χ4v) is 6.80. The first kappa shape index (κ1) is 35.7. The van der Waals surface area contributed by atoms with Gasteiger partial charge in [-0.15, -0.1) is 0 Å². The second-order valence-electron chi connectivity index (χ2n) is 11.7. The molecule has 0 aliphatic rings. The molecule has 8 nitrogen and oxygen atoms in total. The highest BCUT2D eigenvalue weighted by atomic mass is 79.9. The number of carbonyl (C=O) groups is 2. The van der Waals surface area contributed by atoms with Gasteiger partial charge in [-0.05, 0) is 79.4 Å². The first-order valence-electron chi connectivity index (χ1n) is 15.7. The van der Waals surface area contributed by atoms with Crippen molar-refractivity contribution in [2.75, 3.05) is 24.0 Å². The van der Waals surface area contributed by atoms with Gasteiger partial charge >= 0.3 is 0 Å². The minimum Gasteiger partial charge on any atom is -0.494 e. The maximum absolute atomic E-state index is 14.6. The molecule has 10 heteroatoms. The van der Waals surface area contributed by atoms with Crippen LogP contribution in [0.2, 0.25) is 0 Å². The van der Waals surface area contributed by atoms with Crippen LogP contribution in [0.5, 0.6) is 5.75 Å². The van der Waals surface area contributed by atoms with Crippen molar-refractivity contribution in [3.8, 4) is 5.75 Å². The smallest absolute Gasteiger partial charge is 0.264 e. The Labute approximate surface area is 286 Å². The molecule has 0 spiro atoms. The SMILES string of the molecule is CCOc1ccc(N(CC(=O)N(Cc2cccc(C)c2)[C@@H](Cc2ccccc2)C(=O)NCC(C)C)S(=O)(=O)c2ccc(Br)cc2)cc1. The number of sulfonamides is 1. The molecule has 4 aromatic rings. The number of aryl methyl sites for hydroxylation is 1. The van der Waals surface area contributed by atoms with E-state index in [2.05, 4.69) is 21.2 Å². The van der Waals surface area contributed by atoms with Gasteiger partial charge in [-0.1, -0.05) is 89.9 Å². The number of hydrogen-bond acceptors (Lipinski definition) is 5. The molecule has 0 aromatic heterocycles. The molecule has 0 aliphatic heterocycles. The van der Waals surface area contributed by atoms with Gasteiger partial charge in [0.2, 0.25) is 11.8 Å². The first-order valence-corrected chi connectivity index (χ1v) is 17.9. The van der Waals surface area contributed by atoms with Gasteiger partial charge < -0.3 is 15.0 Å². The lowest BCUT2D eigenvalue weighted by atomic mass is 10.0. The average Bonchev–Trinajstić information content (AvgIpc) is 3.05. The van der Waals surface area contributed by atoms with Crippen LogP contribution in [-0.4, -0.2) is 50.9 Å². The van der Waals surface area contributed by atoms with Crippen LogP contribution in [-0.2, 0) is 32.6 Å². The molecule has 4 rings (SSSR count). The second kappa shape index (κ2) is 16.6. The number of hydrogen-bond donors (Lipinski definition) is 1. The lowest BCUT2D eigenvalue weighted by Crippen LogP contribution is -2.53. The monoisotopic (exact) mass is 719 g/mol. The maximum atomic E-state index is 14.6. The molecule has 0 fully saturated rings. The molecule has 4 aromatic carbocycles. The third-order valence-corrected chi connectivity index (χ3v) is 9.82. The Morgan fingerprint density at radius 3 is 2.15 bits per heavy atom. The van der Waals surface area contributed by atoms with Gasteiger partial charge in [0.15, 0.2) is 0 Å². The summed E-state index contributed by atoms with van der Waals surface area (Å²) in [4.78, 5) is 30.0. The Morgan fingerprint density at radius 1 is 0.872 bits per heavy atom. The van der Waals surface area contributed by atoms with Crippen molar-refractivity contribution in [2.24, 2.45) is 5.92 Å². The minimum atomic E-state index is -4.21. The van der Waals surface area contributed by atoms with Gasteiger partial charge in [0, 0.05) is 24.0 Å². The van der Waals surface area contributed by atoms with E-state index in [9.17, 15) is 18.0 Å². The van der Waals surface area contributed by atoms with Crippen molar-refractivity contribution in [1.82, 2.24) is 10.2 Å². The van der Waals surface area contributed by atoms with Crippen LogP contribution in [0.25, 0.3) is 0 Å². The first-order chi connectivity index (χ1) is 22.5. The Kier molecular flexibility index (Phi) is 12.6. The van der Waals surface area contributed by atoms with E-state index in [-0.39, 0.29) is 29.7 Å². The normalized spacial score (nSPS) is 12.0. The second-order valence-corrected chi connectivity index (χ2v) is 14.5. The average molecular weight is 721 g/mol. The molecular weight excluding hydrogens is 678 g/mol. The van der Waals surface area contributed by atoms with Gasteiger partial charge in [-0.25, -0.2) is 8.42 Å². The zero-order chi connectivity index (χ0) is 34.0. The van der Waals surface area contributed by atoms with Crippen molar-refractivity contribution >= 4 is 43.5 Å². The van der Waals surface area contributed by atoms with Gasteiger partial charge in [-0.3, -0.25) is 13.9 Å². The Balaban J connectivity index is 1.80. The summed E-state index contributed by atoms with van der Waals surface area (Å²) in [7, 11) is -4.21. The summed E-state index contributed by atoms with van der Waals surface area (Å²) >= 11 is 3.37. The standard InChI is InChI=1S/C37H42BrN3O5S/c1-5-46-33-18-16-32(17-19-33)41(47(44,45)34-20-14-31(38)15-21-34)26-36(42)40(25-30-13-9-10-28(4)22-30)35(37(43)39-24-27(2)3)23-29-11-7-6-8-12-29/h6-22,27,35H,5,23-26H2,1-4H3,(H,39,43)/t35-/m0/s1. The van der Waals surface area contributed by atoms with Gasteiger partial charge in [-0.2, -0.15) is 0 Å². The van der Waals surface area contributed by atoms with E-state index in [1.165, 1.54) is 17.0 Å². The molecule has 0 radical (unpaired) electrons. The van der Waals surface area contributed by atoms with Crippen LogP contribution < -0.4 is 14.4 Å². The van der Waals surface area contributed by atoms with Gasteiger partial charge in [0.05, 0.1) is 17.2 Å². The number of anilines is 1. The molecule has 0 bridgehead atoms. The van der Waals surface area contributed by atoms with Crippen molar-refractivity contribution < 1.29 is 22.7 Å². The molecule has 0 unspecified atom stereocenters. The number of benzene rings is 4. The van der Waals surface area contributed by atoms with Crippen molar-refractivity contribution in [2.45, 2.75) is 51.6 Å². The highest BCUT2D eigenvalue weighted by molar-refractivity contribution is 9.10. The van der Waals surface area contributed by atoms with Crippen molar-refractivity contribution in [3.05, 3.63) is 124 Å². The third-order valence-electron chi connectivity index (χ3n) is 7.51. The molecule has 0 saturated heterocycles. The zero-order valence-electron chi connectivity index (χ0n) is 27.2. The number of halogens is 1. The predicted molar refractivity (Wildman–Crippen MR) is 190 cm³/mol. The Morgan fingerprint density at radius 2 is 1.53 bits per heavy atom. The molecule has 2 amide bonds. The summed E-state index contributed by atoms with van der Waals surface area (Å²) in [5.41, 5.74) is 3.01. The van der Waals surface area contributed by atoms with E-state index < -0.39 is 28.5 Å². The van der Waals surface area contributed by atoms with Crippen LogP contribution in [0.1, 0.15) is 37.5 Å². The van der Waals surface area contributed by atoms with Gasteiger partial charge in [0.1, 0.15) is 18.3 Å². The number of rotatable bonds is 15. The summed E-state index contributed by atoms with van der Waals surface area (Å²) in [5.74, 6) is -0.0357. The van der Waals surface area contributed by atoms with Crippen LogP contribution in [0.4, 0.5) is 5.69 Å². The van der Waals surface area contributed by atoms with Crippen LogP contribution in [0.3, 0.4) is 0 Å². The Bertz CT molecular complexity index is 1730. The number of amides is 2. The van der Waals surface area contributed by atoms with Crippen LogP contribution in [0.15, 0.2) is 112 Å². The van der Waals surface area contributed by atoms with E-state index in [1.54, 1.807) is 36.4 Å². The molecule has 1 atom stereocenters. The maximum Gasteiger partial charge on any atom is 0.264 e. The molecule has 0 aliphatic carbocycles. The number of carbonyl (C=O) groups excluding carboxylic acids is 2. The van der Waals surface area contributed by atoms with Gasteiger partial charge in [0.25, 0.3) is 10.0 Å². The van der Waals surface area contributed by atoms with E-state index >= 15 is 0 Å². The summed E-state index contributed by atoms with van der Waals surface area (Å²) in [6, 6.07) is 29.2. The van der Waals surface area contributed by atoms with E-state index in [0.29, 0.717) is 24.6 Å². The van der Waals surface area contributed by atoms with E-state index in [1.807, 2.05) is 82.3 Å². The van der Waals surface area contributed by atoms with Crippen LogP contribution >= 0.6 is 15.9 Å². The lowest BCUT2D eigenvalue weighted by Gasteiger charge is -2.34. The summed E-state index contributed by atoms with van der Waals surface area (Å²) < 4.78 is 35.8. The fourth-order valence-electron chi connectivity index (χ4n) is 5.12. The molecule has 47 heavy (non-hydrogen) atoms. The summed E-state index contributed by atoms with van der Waals surface area (Å²) in [6.45, 7) is 8.31. The molecule has 1 N–H and O–H groups in total. The zero-order valence-corrected chi connectivity index (χ0v) is 29.6. The number of nitrogens with one attached hydrogen (secondary N) is 1. The minimum absolute atomic E-state index is 0.0307. The van der Waals surface area contributed by atoms with Crippen molar-refractivity contribution in [3.63, 3.8) is 0 Å². The number of ether oxygens (including phenoxy) is 1. The fraction of sp³-hybridized carbons (Fsp3) is 0.297. The Hall–Kier alpha value is -4.15. The molecule has 248 valence electrons. The highest BCUT2D eigenvalue weighted by Crippen LogP contribution is 2.28. The molecule has 0 saturated carbocycles. The lowest BCUT2D eigenvalue weighted by molar-refractivity contribution is -0.140. The van der Waals surface area contributed by atoms with Crippen LogP contribution in [0, 0.1) is 12.8 Å². The number of nitrogens with zero attached hydrogens (tertiary/aromatic N) is 2. The third kappa shape index (κ3) is 9.92. The van der Waals surface area contributed by atoms with E-state index in [4.69, 9.17) is 4.74 Å². The van der Waals surface area contributed by atoms with E-state index in [0.717, 1.165) is 25.5 Å². The van der Waals surface area contributed by atoms with Crippen molar-refractivity contribution in [1.29, 1.82) is 0 Å². The summed E-state index contributed by atoms with van der Waals surface area (Å²) in [6.07, 6.45) is 0.255. The largest absolute Gasteiger partial charge is 0.494 e. The molecule has 0 heterocycles. The topological polar surface area (TPSA) is 96.0 Å².